The number of halogens is 6. The quantitative estimate of drug-likeness (QED) is 0.477. The lowest BCUT2D eigenvalue weighted by Gasteiger charge is -2.48. The van der Waals surface area contributed by atoms with Crippen molar-refractivity contribution < 1.29 is 41.0 Å². The number of carbonyl (C=O) groups is 1. The average Bonchev–Trinajstić information content (AvgIpc) is 2.29. The van der Waals surface area contributed by atoms with Crippen molar-refractivity contribution in [3.8, 4) is 0 Å². The maximum absolute atomic E-state index is 13.0. The van der Waals surface area contributed by atoms with Crippen LogP contribution >= 0.6 is 0 Å². The van der Waals surface area contributed by atoms with Gasteiger partial charge < -0.3 is 9.84 Å². The Labute approximate surface area is 122 Å². The van der Waals surface area contributed by atoms with Gasteiger partial charge in [-0.2, -0.15) is 26.3 Å². The maximum Gasteiger partial charge on any atom is 0.403 e. The highest BCUT2D eigenvalue weighted by Gasteiger charge is 2.73. The molecular formula is C13H16F6O3. The normalized spacial score (nSPS) is 29.0. The molecule has 0 bridgehead atoms. The van der Waals surface area contributed by atoms with Crippen LogP contribution in [0.15, 0.2) is 12.2 Å². The van der Waals surface area contributed by atoms with Crippen LogP contribution in [0.2, 0.25) is 0 Å². The highest BCUT2D eigenvalue weighted by molar-refractivity contribution is 5.87. The molecule has 0 saturated heterocycles. The lowest BCUT2D eigenvalue weighted by molar-refractivity contribution is -0.363. The van der Waals surface area contributed by atoms with Gasteiger partial charge in [0.15, 0.2) is 5.41 Å². The van der Waals surface area contributed by atoms with Crippen molar-refractivity contribution in [2.45, 2.75) is 57.2 Å². The fraction of sp³-hybridized carbons (Fsp3) is 0.769. The molecule has 1 fully saturated rings. The fourth-order valence-corrected chi connectivity index (χ4v) is 2.37. The van der Waals surface area contributed by atoms with Gasteiger partial charge in [0.25, 0.3) is 0 Å². The molecule has 0 aliphatic heterocycles. The van der Waals surface area contributed by atoms with Crippen LogP contribution in [0.25, 0.3) is 0 Å². The molecule has 1 N–H and O–H groups in total. The summed E-state index contributed by atoms with van der Waals surface area (Å²) >= 11 is 0. The largest absolute Gasteiger partial charge is 0.453 e. The number of esters is 1. The number of aliphatic hydroxyl groups excluding tert-OH is 1. The van der Waals surface area contributed by atoms with Crippen molar-refractivity contribution in [2.24, 2.45) is 5.41 Å². The fourth-order valence-electron chi connectivity index (χ4n) is 2.37. The minimum atomic E-state index is -5.56. The van der Waals surface area contributed by atoms with Crippen LogP contribution in [-0.4, -0.2) is 35.1 Å². The second-order valence-electron chi connectivity index (χ2n) is 5.78. The van der Waals surface area contributed by atoms with Gasteiger partial charge in [0, 0.05) is 12.0 Å². The first-order chi connectivity index (χ1) is 9.66. The first-order valence-corrected chi connectivity index (χ1v) is 6.37. The third-order valence-corrected chi connectivity index (χ3v) is 4.05. The first kappa shape index (κ1) is 18.8. The van der Waals surface area contributed by atoms with Crippen LogP contribution < -0.4 is 0 Å². The van der Waals surface area contributed by atoms with E-state index in [1.807, 2.05) is 0 Å². The second-order valence-corrected chi connectivity index (χ2v) is 5.78. The molecule has 2 atom stereocenters. The van der Waals surface area contributed by atoms with Gasteiger partial charge in [0.1, 0.15) is 5.60 Å². The molecule has 0 radical (unpaired) electrons. The Hall–Kier alpha value is -1.25. The van der Waals surface area contributed by atoms with E-state index in [1.165, 1.54) is 6.92 Å². The topological polar surface area (TPSA) is 46.5 Å². The summed E-state index contributed by atoms with van der Waals surface area (Å²) in [6.45, 7) is 5.65. The Balaban J connectivity index is 3.10. The van der Waals surface area contributed by atoms with E-state index >= 15 is 0 Å². The Morgan fingerprint density at radius 3 is 1.95 bits per heavy atom. The highest BCUT2D eigenvalue weighted by atomic mass is 19.4. The van der Waals surface area contributed by atoms with E-state index in [9.17, 15) is 36.2 Å². The molecule has 128 valence electrons. The molecule has 1 saturated carbocycles. The Kier molecular flexibility index (Phi) is 4.64. The number of rotatable bonds is 2. The molecule has 1 aliphatic carbocycles. The molecule has 22 heavy (non-hydrogen) atoms. The minimum Gasteiger partial charge on any atom is -0.453 e. The highest BCUT2D eigenvalue weighted by Crippen LogP contribution is 2.60. The molecular weight excluding hydrogens is 318 g/mol. The number of hydrogen-bond acceptors (Lipinski definition) is 3. The summed E-state index contributed by atoms with van der Waals surface area (Å²) in [5, 5.41) is 9.81. The summed E-state index contributed by atoms with van der Waals surface area (Å²) in [4.78, 5) is 11.4. The molecule has 3 nitrogen and oxygen atoms in total. The molecule has 0 amide bonds. The number of ether oxygens (including phenoxy) is 1. The number of carbonyl (C=O) groups excluding carboxylic acids is 1. The van der Waals surface area contributed by atoms with E-state index < -0.39 is 54.7 Å². The van der Waals surface area contributed by atoms with E-state index in [-0.39, 0.29) is 5.57 Å². The Morgan fingerprint density at radius 2 is 1.64 bits per heavy atom. The van der Waals surface area contributed by atoms with Crippen molar-refractivity contribution >= 4 is 5.97 Å². The molecule has 0 aromatic rings. The van der Waals surface area contributed by atoms with Crippen molar-refractivity contribution in [2.75, 3.05) is 0 Å². The van der Waals surface area contributed by atoms with Crippen LogP contribution in [0.4, 0.5) is 26.3 Å². The molecule has 0 heterocycles. The number of hydrogen-bond donors (Lipinski definition) is 1. The standard InChI is InChI=1S/C13H16F6O3/c1-7(2)9(21)22-10(3)4-5-11(6-8(10)20,12(14,15)16)13(17,18)19/h8,20H,1,4-6H2,2-3H3. The zero-order valence-corrected chi connectivity index (χ0v) is 11.9. The molecule has 2 unspecified atom stereocenters. The SMILES string of the molecule is C=C(C)C(=O)OC1(C)CCC(C(F)(F)F)(C(F)(F)F)CC1O. The second kappa shape index (κ2) is 5.43. The van der Waals surface area contributed by atoms with Crippen molar-refractivity contribution in [3.63, 3.8) is 0 Å². The van der Waals surface area contributed by atoms with Crippen molar-refractivity contribution in [1.29, 1.82) is 0 Å². The van der Waals surface area contributed by atoms with Gasteiger partial charge >= 0.3 is 18.3 Å². The third-order valence-electron chi connectivity index (χ3n) is 4.05. The maximum atomic E-state index is 13.0. The first-order valence-electron chi connectivity index (χ1n) is 6.37. The van der Waals surface area contributed by atoms with Gasteiger partial charge in [-0.05, 0) is 26.7 Å². The minimum absolute atomic E-state index is 0.0723. The van der Waals surface area contributed by atoms with E-state index in [1.54, 1.807) is 0 Å². The lowest BCUT2D eigenvalue weighted by atomic mass is 9.66. The van der Waals surface area contributed by atoms with Crippen LogP contribution in [0.1, 0.15) is 33.1 Å². The molecule has 9 heteroatoms. The van der Waals surface area contributed by atoms with Crippen LogP contribution in [0.5, 0.6) is 0 Å². The number of alkyl halides is 6. The van der Waals surface area contributed by atoms with Gasteiger partial charge in [-0.1, -0.05) is 6.58 Å². The smallest absolute Gasteiger partial charge is 0.403 e. The van der Waals surface area contributed by atoms with Gasteiger partial charge in [-0.3, -0.25) is 0 Å². The Morgan fingerprint density at radius 1 is 1.18 bits per heavy atom. The summed E-state index contributed by atoms with van der Waals surface area (Å²) in [6.07, 6.45) is -16.9. The number of aliphatic hydroxyl groups is 1. The predicted molar refractivity (Wildman–Crippen MR) is 63.7 cm³/mol. The van der Waals surface area contributed by atoms with E-state index in [0.717, 1.165) is 6.92 Å². The van der Waals surface area contributed by atoms with Gasteiger partial charge in [0.05, 0.1) is 6.10 Å². The molecule has 1 rings (SSSR count). The van der Waals surface area contributed by atoms with Crippen molar-refractivity contribution in [1.82, 2.24) is 0 Å². The summed E-state index contributed by atoms with van der Waals surface area (Å²) in [7, 11) is 0. The molecule has 0 aromatic carbocycles. The van der Waals surface area contributed by atoms with Gasteiger partial charge in [-0.15, -0.1) is 0 Å². The van der Waals surface area contributed by atoms with E-state index in [4.69, 9.17) is 4.74 Å². The summed E-state index contributed by atoms with van der Waals surface area (Å²) in [5.74, 6) is -0.979. The summed E-state index contributed by atoms with van der Waals surface area (Å²) in [5.41, 5.74) is -5.90. The van der Waals surface area contributed by atoms with Crippen LogP contribution in [-0.2, 0) is 9.53 Å². The van der Waals surface area contributed by atoms with Crippen LogP contribution in [0.3, 0.4) is 0 Å². The molecule has 1 aliphatic rings. The molecule has 0 spiro atoms. The van der Waals surface area contributed by atoms with E-state index in [2.05, 4.69) is 6.58 Å². The predicted octanol–water partition coefficient (Wildman–Crippen LogP) is 3.52. The summed E-state index contributed by atoms with van der Waals surface area (Å²) in [6, 6.07) is 0. The zero-order chi connectivity index (χ0) is 17.6. The Bertz CT molecular complexity index is 453. The van der Waals surface area contributed by atoms with E-state index in [0.29, 0.717) is 0 Å². The third kappa shape index (κ3) is 3.09. The van der Waals surface area contributed by atoms with Crippen LogP contribution in [0, 0.1) is 5.41 Å². The average molecular weight is 334 g/mol. The van der Waals surface area contributed by atoms with Gasteiger partial charge in [0.2, 0.25) is 0 Å². The zero-order valence-electron chi connectivity index (χ0n) is 11.9. The van der Waals surface area contributed by atoms with Gasteiger partial charge in [-0.25, -0.2) is 4.79 Å². The monoisotopic (exact) mass is 334 g/mol. The van der Waals surface area contributed by atoms with Crippen molar-refractivity contribution in [3.05, 3.63) is 12.2 Å². The molecule has 0 aromatic heterocycles. The lowest BCUT2D eigenvalue weighted by Crippen LogP contribution is -2.60. The summed E-state index contributed by atoms with van der Waals surface area (Å²) < 4.78 is 82.6.